The maximum Gasteiger partial charge on any atom is 1.00 e. The van der Waals surface area contributed by atoms with E-state index in [0.717, 1.165) is 31.2 Å². The molecule has 0 amide bonds. The number of para-hydroxylation sites is 2. The third-order valence-electron chi connectivity index (χ3n) is 3.85. The molecule has 114 valence electrons. The molecule has 0 aromatic heterocycles. The normalized spacial score (nSPS) is 15.3. The van der Waals surface area contributed by atoms with Gasteiger partial charge in [-0.1, -0.05) is 41.4 Å². The van der Waals surface area contributed by atoms with E-state index in [4.69, 9.17) is 23.2 Å². The highest BCUT2D eigenvalue weighted by Crippen LogP contribution is 2.39. The molecule has 22 heavy (non-hydrogen) atoms. The van der Waals surface area contributed by atoms with Gasteiger partial charge in [0.15, 0.2) is 0 Å². The lowest BCUT2D eigenvalue weighted by atomic mass is 10.2. The Kier molecular flexibility index (Phi) is 4.22. The number of benzene rings is 2. The summed E-state index contributed by atoms with van der Waals surface area (Å²) in [6.45, 7) is 2.54. The van der Waals surface area contributed by atoms with Crippen molar-refractivity contribution in [3.05, 3.63) is 58.1 Å². The minimum absolute atomic E-state index is 0. The quantitative estimate of drug-likeness (QED) is 0.810. The Labute approximate surface area is 147 Å². The average Bonchev–Trinajstić information content (AvgIpc) is 3.06. The maximum absolute atomic E-state index is 6.12. The molecule has 0 unspecified atom stereocenters. The Bertz CT molecular complexity index is 751. The van der Waals surface area contributed by atoms with E-state index in [2.05, 4.69) is 39.1 Å². The van der Waals surface area contributed by atoms with Gasteiger partial charge in [0.2, 0.25) is 5.96 Å². The predicted molar refractivity (Wildman–Crippen MR) is 89.8 cm³/mol. The number of hydrogen-bond donors (Lipinski definition) is 0. The molecule has 0 fully saturated rings. The Hall–Kier alpha value is -1.42. The molecule has 0 N–H and O–H groups in total. The van der Waals surface area contributed by atoms with Crippen molar-refractivity contribution in [1.29, 1.82) is 0 Å². The number of aliphatic imine (C=N–C) groups is 1. The first-order valence-electron chi connectivity index (χ1n) is 6.86. The summed E-state index contributed by atoms with van der Waals surface area (Å²) in [7, 11) is 0. The molecular weight excluding hydrogens is 341 g/mol. The second kappa shape index (κ2) is 5.99. The van der Waals surface area contributed by atoms with E-state index in [1.165, 1.54) is 11.4 Å². The van der Waals surface area contributed by atoms with Gasteiger partial charge in [-0.3, -0.25) is 4.99 Å². The zero-order valence-electron chi connectivity index (χ0n) is 12.6. The molecule has 6 heteroatoms. The van der Waals surface area contributed by atoms with Gasteiger partial charge in [0.1, 0.15) is 0 Å². The maximum atomic E-state index is 6.12. The second-order valence-corrected chi connectivity index (χ2v) is 5.97. The molecule has 2 heterocycles. The van der Waals surface area contributed by atoms with Gasteiger partial charge >= 0.3 is 1.43 Å². The highest BCUT2D eigenvalue weighted by molar-refractivity contribution is 6.42. The summed E-state index contributed by atoms with van der Waals surface area (Å²) in [5.74, 6) is 1.03. The van der Waals surface area contributed by atoms with Crippen LogP contribution in [0.3, 0.4) is 0 Å². The number of hydrogen-bond acceptors (Lipinski definition) is 3. The number of guanidine groups is 1. The van der Waals surface area contributed by atoms with Crippen LogP contribution in [-0.4, -0.2) is 19.0 Å². The highest BCUT2D eigenvalue weighted by Gasteiger charge is 2.34. The van der Waals surface area contributed by atoms with Gasteiger partial charge in [-0.25, -0.2) is 0 Å². The number of nitrogens with zero attached hydrogens (tertiary/aromatic N) is 3. The van der Waals surface area contributed by atoms with E-state index in [-0.39, 0.29) is 13.8 Å². The smallest absolute Gasteiger partial charge is 1.00 e. The second-order valence-electron chi connectivity index (χ2n) is 5.16. The molecule has 0 saturated carbocycles. The van der Waals surface area contributed by atoms with E-state index in [1.54, 1.807) is 0 Å². The lowest BCUT2D eigenvalue weighted by Gasteiger charge is -2.19. The van der Waals surface area contributed by atoms with Crippen molar-refractivity contribution in [2.24, 2.45) is 4.99 Å². The minimum Gasteiger partial charge on any atom is -1.00 e. The SMILES string of the molecule is Clc1ccc(CN2C3=NCCN3c3ccccc32)cc1Cl.[Cl-].[H+]. The van der Waals surface area contributed by atoms with Crippen LogP contribution in [0.4, 0.5) is 11.4 Å². The van der Waals surface area contributed by atoms with Crippen molar-refractivity contribution in [2.45, 2.75) is 6.54 Å². The summed E-state index contributed by atoms with van der Waals surface area (Å²) >= 11 is 12.1. The van der Waals surface area contributed by atoms with E-state index in [1.807, 2.05) is 18.2 Å². The lowest BCUT2D eigenvalue weighted by Crippen LogP contribution is -3.00. The fourth-order valence-electron chi connectivity index (χ4n) is 2.90. The van der Waals surface area contributed by atoms with Gasteiger partial charge in [-0.2, -0.15) is 0 Å². The number of fused-ring (bicyclic) bond motifs is 3. The summed E-state index contributed by atoms with van der Waals surface area (Å²) in [6, 6.07) is 14.2. The Balaban J connectivity index is 0.000000960. The first-order valence-corrected chi connectivity index (χ1v) is 7.62. The molecular formula is C16H14Cl3N3. The van der Waals surface area contributed by atoms with Gasteiger partial charge in [0.05, 0.1) is 34.5 Å². The third-order valence-corrected chi connectivity index (χ3v) is 4.59. The topological polar surface area (TPSA) is 18.8 Å². The fourth-order valence-corrected chi connectivity index (χ4v) is 3.22. The van der Waals surface area contributed by atoms with Crippen LogP contribution in [-0.2, 0) is 6.54 Å². The van der Waals surface area contributed by atoms with E-state index >= 15 is 0 Å². The van der Waals surface area contributed by atoms with Gasteiger partial charge in [-0.15, -0.1) is 0 Å². The lowest BCUT2D eigenvalue weighted by molar-refractivity contribution is -0.00000390. The Morgan fingerprint density at radius 2 is 1.82 bits per heavy atom. The summed E-state index contributed by atoms with van der Waals surface area (Å²) < 4.78 is 0. The van der Waals surface area contributed by atoms with Gasteiger partial charge in [-0.05, 0) is 29.8 Å². The van der Waals surface area contributed by atoms with Crippen molar-refractivity contribution in [1.82, 2.24) is 0 Å². The largest absolute Gasteiger partial charge is 1.00 e. The molecule has 0 aliphatic carbocycles. The van der Waals surface area contributed by atoms with Gasteiger partial charge < -0.3 is 22.2 Å². The third kappa shape index (κ3) is 2.43. The van der Waals surface area contributed by atoms with Gasteiger partial charge in [0.25, 0.3) is 0 Å². The van der Waals surface area contributed by atoms with Crippen LogP contribution in [0.25, 0.3) is 0 Å². The summed E-state index contributed by atoms with van der Waals surface area (Å²) in [6.07, 6.45) is 0. The fraction of sp³-hybridized carbons (Fsp3) is 0.188. The van der Waals surface area contributed by atoms with Crippen molar-refractivity contribution >= 4 is 40.5 Å². The molecule has 2 aromatic carbocycles. The van der Waals surface area contributed by atoms with Crippen LogP contribution in [0, 0.1) is 0 Å². The van der Waals surface area contributed by atoms with E-state index in [0.29, 0.717) is 10.0 Å². The first kappa shape index (κ1) is 15.5. The van der Waals surface area contributed by atoms with E-state index in [9.17, 15) is 0 Å². The molecule has 2 aliphatic heterocycles. The van der Waals surface area contributed by atoms with Crippen LogP contribution < -0.4 is 22.2 Å². The summed E-state index contributed by atoms with van der Waals surface area (Å²) in [5.41, 5.74) is 3.55. The zero-order chi connectivity index (χ0) is 14.4. The van der Waals surface area contributed by atoms with Gasteiger partial charge in [0, 0.05) is 6.54 Å². The molecule has 0 spiro atoms. The van der Waals surface area contributed by atoms with Crippen LogP contribution in [0.2, 0.25) is 10.0 Å². The molecule has 0 bridgehead atoms. The molecule has 0 saturated heterocycles. The standard InChI is InChI=1S/C16H13Cl2N3.ClH/c17-12-6-5-11(9-13(12)18)10-21-15-4-2-1-3-14(15)20-8-7-19-16(20)21;/h1-6,9H,7-8,10H2;1H. The highest BCUT2D eigenvalue weighted by atomic mass is 35.5. The van der Waals surface area contributed by atoms with Crippen LogP contribution in [0.5, 0.6) is 0 Å². The molecule has 0 radical (unpaired) electrons. The Morgan fingerprint density at radius 3 is 2.59 bits per heavy atom. The molecule has 2 aromatic rings. The van der Waals surface area contributed by atoms with Crippen molar-refractivity contribution < 1.29 is 13.8 Å². The number of halogens is 3. The zero-order valence-corrected chi connectivity index (χ0v) is 13.9. The van der Waals surface area contributed by atoms with Crippen LogP contribution in [0.1, 0.15) is 6.99 Å². The summed E-state index contributed by atoms with van der Waals surface area (Å²) in [5, 5.41) is 1.17. The monoisotopic (exact) mass is 353 g/mol. The number of anilines is 2. The average molecular weight is 355 g/mol. The number of rotatable bonds is 2. The van der Waals surface area contributed by atoms with E-state index < -0.39 is 0 Å². The Morgan fingerprint density at radius 1 is 1.05 bits per heavy atom. The van der Waals surface area contributed by atoms with Crippen molar-refractivity contribution in [3.8, 4) is 0 Å². The van der Waals surface area contributed by atoms with Crippen molar-refractivity contribution in [2.75, 3.05) is 22.9 Å². The molecule has 2 aliphatic rings. The first-order chi connectivity index (χ1) is 10.2. The van der Waals surface area contributed by atoms with Crippen molar-refractivity contribution in [3.63, 3.8) is 0 Å². The van der Waals surface area contributed by atoms with Crippen LogP contribution in [0.15, 0.2) is 47.5 Å². The molecule has 4 rings (SSSR count). The minimum atomic E-state index is 0. The molecule has 3 nitrogen and oxygen atoms in total. The predicted octanol–water partition coefficient (Wildman–Crippen LogP) is 1.31. The molecule has 0 atom stereocenters. The van der Waals surface area contributed by atoms with Crippen LogP contribution >= 0.6 is 23.2 Å². The summed E-state index contributed by atoms with van der Waals surface area (Å²) in [4.78, 5) is 9.15.